The first-order valence-corrected chi connectivity index (χ1v) is 5.80. The number of carbonyl (C=O) groups excluding carboxylic acids is 2. The van der Waals surface area contributed by atoms with Crippen LogP contribution in [0, 0.1) is 0 Å². The molecule has 1 aromatic carbocycles. The van der Waals surface area contributed by atoms with Gasteiger partial charge in [-0.3, -0.25) is 10.2 Å². The summed E-state index contributed by atoms with van der Waals surface area (Å²) in [4.78, 5) is 22.9. The number of hydrazine groups is 1. The maximum atomic E-state index is 11.5. The summed E-state index contributed by atoms with van der Waals surface area (Å²) in [6.45, 7) is 3.15. The van der Waals surface area contributed by atoms with Crippen LogP contribution in [0.4, 0.5) is 4.79 Å². The molecule has 1 unspecified atom stereocenters. The molecule has 0 aliphatic heterocycles. The van der Waals surface area contributed by atoms with Crippen LogP contribution < -0.4 is 27.6 Å². The third-order valence-corrected chi connectivity index (χ3v) is 2.43. The Morgan fingerprint density at radius 2 is 1.74 bits per heavy atom. The Kier molecular flexibility index (Phi) is 4.85. The van der Waals surface area contributed by atoms with Gasteiger partial charge in [0.1, 0.15) is 5.66 Å². The van der Waals surface area contributed by atoms with Gasteiger partial charge in [0.25, 0.3) is 5.91 Å². The third-order valence-electron chi connectivity index (χ3n) is 2.43. The van der Waals surface area contributed by atoms with E-state index < -0.39 is 17.6 Å². The summed E-state index contributed by atoms with van der Waals surface area (Å²) in [5.74, 6) is -0.685. The van der Waals surface area contributed by atoms with Crippen molar-refractivity contribution in [3.63, 3.8) is 0 Å². The van der Waals surface area contributed by atoms with Gasteiger partial charge >= 0.3 is 6.03 Å². The fourth-order valence-electron chi connectivity index (χ4n) is 1.31. The van der Waals surface area contributed by atoms with Crippen LogP contribution in [0.1, 0.15) is 25.5 Å². The lowest BCUT2D eigenvalue weighted by atomic mass is 10.1. The second kappa shape index (κ2) is 6.17. The van der Waals surface area contributed by atoms with Crippen molar-refractivity contribution in [2.45, 2.75) is 25.6 Å². The van der Waals surface area contributed by atoms with Crippen LogP contribution in [-0.4, -0.2) is 17.6 Å². The van der Waals surface area contributed by atoms with Gasteiger partial charge in [-0.25, -0.2) is 10.2 Å². The van der Waals surface area contributed by atoms with Gasteiger partial charge in [-0.1, -0.05) is 30.3 Å². The Bertz CT molecular complexity index is 441. The van der Waals surface area contributed by atoms with E-state index in [1.165, 1.54) is 6.92 Å². The van der Waals surface area contributed by atoms with E-state index in [0.29, 0.717) is 0 Å². The molecule has 1 aromatic rings. The van der Waals surface area contributed by atoms with Crippen molar-refractivity contribution in [2.24, 2.45) is 11.5 Å². The van der Waals surface area contributed by atoms with Gasteiger partial charge in [-0.05, 0) is 19.4 Å². The highest BCUT2D eigenvalue weighted by atomic mass is 16.2. The molecule has 7 N–H and O–H groups in total. The lowest BCUT2D eigenvalue weighted by Crippen LogP contribution is -2.62. The minimum atomic E-state index is -1.54. The van der Waals surface area contributed by atoms with Crippen molar-refractivity contribution in [2.75, 3.05) is 0 Å². The molecule has 0 radical (unpaired) electrons. The van der Waals surface area contributed by atoms with Crippen molar-refractivity contribution in [1.82, 2.24) is 16.2 Å². The van der Waals surface area contributed by atoms with Crippen LogP contribution in [0.2, 0.25) is 0 Å². The Morgan fingerprint density at radius 1 is 1.16 bits per heavy atom. The molecule has 0 heterocycles. The molecule has 7 nitrogen and oxygen atoms in total. The molecule has 0 aliphatic carbocycles. The van der Waals surface area contributed by atoms with Crippen molar-refractivity contribution in [1.29, 1.82) is 0 Å². The minimum absolute atomic E-state index is 0.194. The predicted octanol–water partition coefficient (Wildman–Crippen LogP) is -0.288. The molecule has 3 amide bonds. The average Bonchev–Trinajstić information content (AvgIpc) is 2.35. The molecular formula is C12H19N5O2. The lowest BCUT2D eigenvalue weighted by Gasteiger charge is -2.19. The molecule has 0 bridgehead atoms. The molecule has 0 aliphatic rings. The molecule has 104 valence electrons. The Hall–Kier alpha value is -2.12. The van der Waals surface area contributed by atoms with Crippen molar-refractivity contribution in [3.05, 3.63) is 35.9 Å². The van der Waals surface area contributed by atoms with E-state index in [1.807, 2.05) is 37.3 Å². The minimum Gasteiger partial charge on any atom is -0.330 e. The van der Waals surface area contributed by atoms with Gasteiger partial charge in [0.05, 0.1) is 6.04 Å². The Balaban J connectivity index is 2.42. The number of nitrogens with two attached hydrogens (primary N) is 2. The molecule has 7 heteroatoms. The van der Waals surface area contributed by atoms with Gasteiger partial charge in [0, 0.05) is 0 Å². The van der Waals surface area contributed by atoms with Crippen LogP contribution in [0.15, 0.2) is 30.3 Å². The molecule has 0 spiro atoms. The number of benzene rings is 1. The Labute approximate surface area is 111 Å². The van der Waals surface area contributed by atoms with Crippen molar-refractivity contribution in [3.8, 4) is 0 Å². The smallest absolute Gasteiger partial charge is 0.330 e. The maximum Gasteiger partial charge on any atom is 0.333 e. The fourth-order valence-corrected chi connectivity index (χ4v) is 1.31. The van der Waals surface area contributed by atoms with Crippen molar-refractivity contribution < 1.29 is 9.59 Å². The van der Waals surface area contributed by atoms with Crippen LogP contribution in [-0.2, 0) is 4.79 Å². The van der Waals surface area contributed by atoms with E-state index in [2.05, 4.69) is 16.2 Å². The van der Waals surface area contributed by atoms with Gasteiger partial charge in [0.2, 0.25) is 0 Å². The number of rotatable bonds is 3. The summed E-state index contributed by atoms with van der Waals surface area (Å²) >= 11 is 0. The Morgan fingerprint density at radius 3 is 2.26 bits per heavy atom. The molecular weight excluding hydrogens is 246 g/mol. The van der Waals surface area contributed by atoms with E-state index >= 15 is 0 Å². The monoisotopic (exact) mass is 265 g/mol. The number of hydrogen-bond acceptors (Lipinski definition) is 4. The van der Waals surface area contributed by atoms with E-state index in [0.717, 1.165) is 5.56 Å². The highest BCUT2D eigenvalue weighted by Crippen LogP contribution is 2.10. The third kappa shape index (κ3) is 4.94. The zero-order chi connectivity index (χ0) is 14.5. The van der Waals surface area contributed by atoms with Crippen molar-refractivity contribution >= 4 is 11.9 Å². The SMILES string of the molecule is CC(NC(=O)NNC(=O)C(C)(N)N)c1ccccc1. The highest BCUT2D eigenvalue weighted by Gasteiger charge is 2.22. The summed E-state index contributed by atoms with van der Waals surface area (Å²) in [5, 5.41) is 2.66. The molecule has 0 aromatic heterocycles. The topological polar surface area (TPSA) is 122 Å². The number of hydrogen-bond donors (Lipinski definition) is 5. The van der Waals surface area contributed by atoms with Crippen LogP contribution in [0.25, 0.3) is 0 Å². The van der Waals surface area contributed by atoms with E-state index in [4.69, 9.17) is 11.5 Å². The number of nitrogens with one attached hydrogen (secondary N) is 3. The molecule has 0 saturated heterocycles. The zero-order valence-electron chi connectivity index (χ0n) is 10.9. The summed E-state index contributed by atoms with van der Waals surface area (Å²) in [5.41, 5.74) is 14.4. The maximum absolute atomic E-state index is 11.5. The summed E-state index contributed by atoms with van der Waals surface area (Å²) in [6.07, 6.45) is 0. The first-order valence-electron chi connectivity index (χ1n) is 5.80. The van der Waals surface area contributed by atoms with Crippen LogP contribution in [0.3, 0.4) is 0 Å². The normalized spacial score (nSPS) is 12.4. The quantitative estimate of drug-likeness (QED) is 0.381. The second-order valence-electron chi connectivity index (χ2n) is 4.47. The first kappa shape index (κ1) is 14.9. The van der Waals surface area contributed by atoms with E-state index in [-0.39, 0.29) is 6.04 Å². The molecule has 0 fully saturated rings. The highest BCUT2D eigenvalue weighted by molar-refractivity contribution is 5.87. The molecule has 19 heavy (non-hydrogen) atoms. The molecule has 1 atom stereocenters. The summed E-state index contributed by atoms with van der Waals surface area (Å²) < 4.78 is 0. The van der Waals surface area contributed by atoms with Gasteiger partial charge < -0.3 is 16.8 Å². The fraction of sp³-hybridized carbons (Fsp3) is 0.333. The number of urea groups is 1. The second-order valence-corrected chi connectivity index (χ2v) is 4.47. The lowest BCUT2D eigenvalue weighted by molar-refractivity contribution is -0.126. The zero-order valence-corrected chi connectivity index (χ0v) is 10.9. The van der Waals surface area contributed by atoms with Gasteiger partial charge in [-0.15, -0.1) is 0 Å². The molecule has 1 rings (SSSR count). The largest absolute Gasteiger partial charge is 0.333 e. The summed E-state index contributed by atoms with van der Waals surface area (Å²) in [7, 11) is 0. The van der Waals surface area contributed by atoms with Gasteiger partial charge in [-0.2, -0.15) is 0 Å². The summed E-state index contributed by atoms with van der Waals surface area (Å²) in [6, 6.07) is 8.68. The van der Waals surface area contributed by atoms with E-state index in [9.17, 15) is 9.59 Å². The van der Waals surface area contributed by atoms with E-state index in [1.54, 1.807) is 0 Å². The average molecular weight is 265 g/mol. The van der Waals surface area contributed by atoms with Crippen LogP contribution in [0.5, 0.6) is 0 Å². The van der Waals surface area contributed by atoms with Gasteiger partial charge in [0.15, 0.2) is 0 Å². The number of carbonyl (C=O) groups is 2. The van der Waals surface area contributed by atoms with Crippen LogP contribution >= 0.6 is 0 Å². The molecule has 0 saturated carbocycles. The predicted molar refractivity (Wildman–Crippen MR) is 71.4 cm³/mol. The first-order chi connectivity index (χ1) is 8.80. The number of amides is 3. The standard InChI is InChI=1S/C12H19N5O2/c1-8(9-6-4-3-5-7-9)15-11(19)17-16-10(18)12(2,13)14/h3-8H,13-14H2,1-2H3,(H,16,18)(H2,15,17,19).